The van der Waals surface area contributed by atoms with Crippen LogP contribution in [0.15, 0.2) is 0 Å². The van der Waals surface area contributed by atoms with Crippen LogP contribution in [0.1, 0.15) is 26.7 Å². The minimum absolute atomic E-state index is 0.0860. The quantitative estimate of drug-likeness (QED) is 0.723. The lowest BCUT2D eigenvalue weighted by Crippen LogP contribution is -2.39. The molecule has 0 aromatic heterocycles. The number of hydrogen-bond donors (Lipinski definition) is 1. The first-order valence-corrected chi connectivity index (χ1v) is 6.38. The summed E-state index contributed by atoms with van der Waals surface area (Å²) in [5.74, 6) is -0.260. The van der Waals surface area contributed by atoms with Gasteiger partial charge in [0.1, 0.15) is 0 Å². The molecule has 88 valence electrons. The number of nitrogens with zero attached hydrogens (tertiary/aromatic N) is 1. The zero-order valence-electron chi connectivity index (χ0n) is 9.52. The molecule has 1 N–H and O–H groups in total. The van der Waals surface area contributed by atoms with Crippen LogP contribution in [0.4, 0.5) is 0 Å². The average Bonchev–Trinajstić information content (AvgIpc) is 2.11. The van der Waals surface area contributed by atoms with E-state index in [0.717, 1.165) is 0 Å². The molecule has 0 bridgehead atoms. The second-order valence-electron chi connectivity index (χ2n) is 3.61. The second kappa shape index (κ2) is 7.56. The summed E-state index contributed by atoms with van der Waals surface area (Å²) < 4.78 is 0. The normalized spacial score (nSPS) is 10.4. The van der Waals surface area contributed by atoms with Crippen LogP contribution >= 0.6 is 11.8 Å². The maximum absolute atomic E-state index is 11.6. The average molecular weight is 233 g/mol. The topological polar surface area (TPSA) is 57.6 Å². The van der Waals surface area contributed by atoms with Crippen LogP contribution in [0.5, 0.6) is 0 Å². The first kappa shape index (κ1) is 14.3. The van der Waals surface area contributed by atoms with Gasteiger partial charge in [-0.15, -0.1) is 0 Å². The number of thioether (sulfide) groups is 1. The summed E-state index contributed by atoms with van der Waals surface area (Å²) in [5, 5.41) is 8.50. The molecule has 0 aromatic carbocycles. The predicted octanol–water partition coefficient (Wildman–Crippen LogP) is 1.45. The molecular formula is C10H19NO3S. The Bertz CT molecular complexity index is 219. The van der Waals surface area contributed by atoms with E-state index in [1.54, 1.807) is 4.90 Å². The van der Waals surface area contributed by atoms with Crippen LogP contribution in [0.2, 0.25) is 0 Å². The molecule has 0 aromatic rings. The molecule has 5 heteroatoms. The molecule has 0 spiro atoms. The lowest BCUT2D eigenvalue weighted by molar-refractivity contribution is -0.138. The molecule has 0 atom stereocenters. The number of aliphatic carboxylic acids is 1. The highest BCUT2D eigenvalue weighted by Crippen LogP contribution is 2.05. The number of carbonyl (C=O) groups excluding carboxylic acids is 1. The number of carboxylic acid groups (broad SMARTS) is 1. The Labute approximate surface area is 95.0 Å². The zero-order valence-corrected chi connectivity index (χ0v) is 10.3. The summed E-state index contributed by atoms with van der Waals surface area (Å²) in [6, 6.07) is 0.137. The van der Waals surface area contributed by atoms with Gasteiger partial charge in [-0.2, -0.15) is 11.8 Å². The largest absolute Gasteiger partial charge is 0.481 e. The molecule has 4 nitrogen and oxygen atoms in total. The molecule has 0 heterocycles. The number of rotatable bonds is 7. The van der Waals surface area contributed by atoms with Gasteiger partial charge in [0.15, 0.2) is 0 Å². The van der Waals surface area contributed by atoms with E-state index in [0.29, 0.717) is 18.7 Å². The van der Waals surface area contributed by atoms with Crippen LogP contribution < -0.4 is 0 Å². The van der Waals surface area contributed by atoms with E-state index in [2.05, 4.69) is 0 Å². The van der Waals surface area contributed by atoms with Crippen molar-refractivity contribution < 1.29 is 14.7 Å². The molecule has 0 saturated carbocycles. The first-order valence-electron chi connectivity index (χ1n) is 4.99. The Morgan fingerprint density at radius 3 is 2.40 bits per heavy atom. The molecule has 0 fully saturated rings. The monoisotopic (exact) mass is 233 g/mol. The highest BCUT2D eigenvalue weighted by molar-refractivity contribution is 7.99. The minimum atomic E-state index is -0.809. The highest BCUT2D eigenvalue weighted by Gasteiger charge is 2.15. The zero-order chi connectivity index (χ0) is 11.8. The van der Waals surface area contributed by atoms with Crippen LogP contribution in [-0.2, 0) is 9.59 Å². The molecule has 0 aliphatic heterocycles. The molecule has 0 saturated heterocycles. The second-order valence-corrected chi connectivity index (χ2v) is 4.48. The van der Waals surface area contributed by atoms with Gasteiger partial charge in [0.05, 0.1) is 5.75 Å². The van der Waals surface area contributed by atoms with Crippen LogP contribution in [-0.4, -0.2) is 46.5 Å². The van der Waals surface area contributed by atoms with Gasteiger partial charge in [-0.1, -0.05) is 0 Å². The number of carboxylic acids is 1. The van der Waals surface area contributed by atoms with Gasteiger partial charge in [-0.3, -0.25) is 9.59 Å². The van der Waals surface area contributed by atoms with Crippen molar-refractivity contribution in [1.29, 1.82) is 0 Å². The summed E-state index contributed by atoms with van der Waals surface area (Å²) >= 11 is 1.49. The third kappa shape index (κ3) is 6.38. The standard InChI is InChI=1S/C10H19NO3S/c1-8(2)11(9(12)7-15-3)6-4-5-10(13)14/h8H,4-7H2,1-3H3,(H,13,14). The van der Waals surface area contributed by atoms with Gasteiger partial charge >= 0.3 is 5.97 Å². The summed E-state index contributed by atoms with van der Waals surface area (Å²) in [5.41, 5.74) is 0. The molecule has 0 radical (unpaired) electrons. The fourth-order valence-corrected chi connectivity index (χ4v) is 1.69. The third-order valence-corrected chi connectivity index (χ3v) is 2.54. The maximum Gasteiger partial charge on any atom is 0.303 e. The Morgan fingerprint density at radius 1 is 1.40 bits per heavy atom. The Kier molecular flexibility index (Phi) is 7.21. The van der Waals surface area contributed by atoms with Crippen LogP contribution in [0, 0.1) is 0 Å². The van der Waals surface area contributed by atoms with Crippen molar-refractivity contribution in [3.8, 4) is 0 Å². The number of hydrogen-bond acceptors (Lipinski definition) is 3. The van der Waals surface area contributed by atoms with Crippen molar-refractivity contribution in [2.45, 2.75) is 32.7 Å². The molecule has 0 unspecified atom stereocenters. The van der Waals surface area contributed by atoms with Crippen molar-refractivity contribution in [3.05, 3.63) is 0 Å². The summed E-state index contributed by atoms with van der Waals surface area (Å²) in [4.78, 5) is 23.7. The summed E-state index contributed by atoms with van der Waals surface area (Å²) in [6.07, 6.45) is 2.52. The van der Waals surface area contributed by atoms with Gasteiger partial charge in [-0.25, -0.2) is 0 Å². The Hall–Kier alpha value is -0.710. The van der Waals surface area contributed by atoms with E-state index in [4.69, 9.17) is 5.11 Å². The van der Waals surface area contributed by atoms with Gasteiger partial charge in [-0.05, 0) is 26.5 Å². The van der Waals surface area contributed by atoms with E-state index in [1.807, 2.05) is 20.1 Å². The summed E-state index contributed by atoms with van der Waals surface area (Å²) in [6.45, 7) is 4.42. The van der Waals surface area contributed by atoms with Gasteiger partial charge in [0.2, 0.25) is 5.91 Å². The number of carbonyl (C=O) groups is 2. The van der Waals surface area contributed by atoms with Gasteiger partial charge < -0.3 is 10.0 Å². The predicted molar refractivity (Wildman–Crippen MR) is 62.1 cm³/mol. The molecule has 0 aliphatic rings. The maximum atomic E-state index is 11.6. The molecule has 0 aliphatic carbocycles. The lowest BCUT2D eigenvalue weighted by Gasteiger charge is -2.26. The Morgan fingerprint density at radius 2 is 2.00 bits per heavy atom. The van der Waals surface area contributed by atoms with E-state index in [-0.39, 0.29) is 18.4 Å². The molecular weight excluding hydrogens is 214 g/mol. The molecule has 15 heavy (non-hydrogen) atoms. The first-order chi connectivity index (χ1) is 6.99. The smallest absolute Gasteiger partial charge is 0.303 e. The fraction of sp³-hybridized carbons (Fsp3) is 0.800. The van der Waals surface area contributed by atoms with Crippen molar-refractivity contribution in [3.63, 3.8) is 0 Å². The van der Waals surface area contributed by atoms with Gasteiger partial charge in [0, 0.05) is 19.0 Å². The van der Waals surface area contributed by atoms with Crippen molar-refractivity contribution in [2.24, 2.45) is 0 Å². The van der Waals surface area contributed by atoms with E-state index >= 15 is 0 Å². The molecule has 0 rings (SSSR count). The van der Waals surface area contributed by atoms with Crippen LogP contribution in [0.3, 0.4) is 0 Å². The third-order valence-electron chi connectivity index (χ3n) is 2.00. The van der Waals surface area contributed by atoms with Crippen molar-refractivity contribution in [2.75, 3.05) is 18.6 Å². The van der Waals surface area contributed by atoms with Crippen molar-refractivity contribution >= 4 is 23.6 Å². The van der Waals surface area contributed by atoms with E-state index in [9.17, 15) is 9.59 Å². The summed E-state index contributed by atoms with van der Waals surface area (Å²) in [7, 11) is 0. The van der Waals surface area contributed by atoms with E-state index in [1.165, 1.54) is 11.8 Å². The van der Waals surface area contributed by atoms with Crippen LogP contribution in [0.25, 0.3) is 0 Å². The molecule has 1 amide bonds. The van der Waals surface area contributed by atoms with E-state index < -0.39 is 5.97 Å². The lowest BCUT2D eigenvalue weighted by atomic mass is 10.2. The van der Waals surface area contributed by atoms with Gasteiger partial charge in [0.25, 0.3) is 0 Å². The highest BCUT2D eigenvalue weighted by atomic mass is 32.2. The Balaban J connectivity index is 4.04. The number of amides is 1. The SMILES string of the molecule is CSCC(=O)N(CCCC(=O)O)C(C)C. The fourth-order valence-electron chi connectivity index (χ4n) is 1.28. The minimum Gasteiger partial charge on any atom is -0.481 e. The van der Waals surface area contributed by atoms with Crippen molar-refractivity contribution in [1.82, 2.24) is 4.90 Å².